The zero-order valence-electron chi connectivity index (χ0n) is 14.1. The van der Waals surface area contributed by atoms with E-state index >= 15 is 0 Å². The lowest BCUT2D eigenvalue weighted by Crippen LogP contribution is -2.27. The van der Waals surface area contributed by atoms with Gasteiger partial charge in [0.25, 0.3) is 5.91 Å². The number of hydrogen-bond donors (Lipinski definition) is 1. The summed E-state index contributed by atoms with van der Waals surface area (Å²) in [5.41, 5.74) is 0.324. The van der Waals surface area contributed by atoms with Crippen molar-refractivity contribution in [2.45, 2.75) is 19.5 Å². The molecule has 0 unspecified atom stereocenters. The van der Waals surface area contributed by atoms with E-state index in [1.54, 1.807) is 23.9 Å². The van der Waals surface area contributed by atoms with Crippen molar-refractivity contribution in [2.75, 3.05) is 6.54 Å². The molecule has 0 aliphatic carbocycles. The van der Waals surface area contributed by atoms with Gasteiger partial charge in [-0.25, -0.2) is 9.97 Å². The zero-order valence-corrected chi connectivity index (χ0v) is 14.1. The van der Waals surface area contributed by atoms with Gasteiger partial charge in [0.1, 0.15) is 11.5 Å². The van der Waals surface area contributed by atoms with Gasteiger partial charge in [0.15, 0.2) is 5.69 Å². The molecule has 6 nitrogen and oxygen atoms in total. The largest absolute Gasteiger partial charge is 0.433 e. The highest BCUT2D eigenvalue weighted by Crippen LogP contribution is 2.27. The lowest BCUT2D eigenvalue weighted by molar-refractivity contribution is -0.141. The normalized spacial score (nSPS) is 11.7. The monoisotopic (exact) mass is 363 g/mol. The second-order valence-corrected chi connectivity index (χ2v) is 5.80. The summed E-state index contributed by atoms with van der Waals surface area (Å²) in [6.45, 7) is 1.57. The van der Waals surface area contributed by atoms with Gasteiger partial charge in [-0.3, -0.25) is 9.48 Å². The quantitative estimate of drug-likeness (QED) is 0.774. The maximum Gasteiger partial charge on any atom is 0.433 e. The number of alkyl halides is 3. The van der Waals surface area contributed by atoms with Gasteiger partial charge >= 0.3 is 6.18 Å². The van der Waals surface area contributed by atoms with Crippen LogP contribution in [-0.2, 0) is 19.6 Å². The third kappa shape index (κ3) is 3.66. The van der Waals surface area contributed by atoms with Crippen LogP contribution in [0.25, 0.3) is 10.9 Å². The minimum atomic E-state index is -4.53. The minimum Gasteiger partial charge on any atom is -0.350 e. The molecule has 0 spiro atoms. The maximum absolute atomic E-state index is 12.8. The van der Waals surface area contributed by atoms with Crippen molar-refractivity contribution in [1.82, 2.24) is 25.1 Å². The van der Waals surface area contributed by atoms with Crippen molar-refractivity contribution in [3.05, 3.63) is 53.2 Å². The van der Waals surface area contributed by atoms with Crippen molar-refractivity contribution >= 4 is 16.8 Å². The Kier molecular flexibility index (Phi) is 4.62. The first kappa shape index (κ1) is 17.8. The van der Waals surface area contributed by atoms with Crippen LogP contribution in [0.1, 0.15) is 27.7 Å². The Hall–Kier alpha value is -2.97. The molecular formula is C17H16F3N5O. The molecule has 0 saturated carbocycles. The van der Waals surface area contributed by atoms with Crippen LogP contribution in [0.5, 0.6) is 0 Å². The van der Waals surface area contributed by atoms with Crippen LogP contribution >= 0.6 is 0 Å². The SMILES string of the molecule is Cc1cc(C(F)(F)F)nc(CCNC(=O)c2nn(C)c3ccccc23)n1. The molecule has 0 atom stereocenters. The second-order valence-electron chi connectivity index (χ2n) is 5.80. The third-order valence-corrected chi connectivity index (χ3v) is 3.80. The number of halogens is 3. The van der Waals surface area contributed by atoms with E-state index in [9.17, 15) is 18.0 Å². The first-order valence-corrected chi connectivity index (χ1v) is 7.87. The summed E-state index contributed by atoms with van der Waals surface area (Å²) in [5, 5.41) is 7.56. The fraction of sp³-hybridized carbons (Fsp3) is 0.294. The van der Waals surface area contributed by atoms with Crippen LogP contribution in [0, 0.1) is 6.92 Å². The topological polar surface area (TPSA) is 72.7 Å². The third-order valence-electron chi connectivity index (χ3n) is 3.80. The van der Waals surface area contributed by atoms with E-state index in [4.69, 9.17) is 0 Å². The summed E-state index contributed by atoms with van der Waals surface area (Å²) in [6, 6.07) is 8.18. The van der Waals surface area contributed by atoms with Crippen molar-refractivity contribution in [1.29, 1.82) is 0 Å². The van der Waals surface area contributed by atoms with Gasteiger partial charge < -0.3 is 5.32 Å². The Morgan fingerprint density at radius 3 is 2.69 bits per heavy atom. The smallest absolute Gasteiger partial charge is 0.350 e. The highest BCUT2D eigenvalue weighted by Gasteiger charge is 2.33. The highest BCUT2D eigenvalue weighted by molar-refractivity contribution is 6.04. The Labute approximate surface area is 147 Å². The number of rotatable bonds is 4. The molecule has 3 aromatic rings. The Balaban J connectivity index is 1.70. The van der Waals surface area contributed by atoms with Crippen LogP contribution in [0.3, 0.4) is 0 Å². The van der Waals surface area contributed by atoms with Crippen LogP contribution in [-0.4, -0.2) is 32.2 Å². The van der Waals surface area contributed by atoms with E-state index in [1.165, 1.54) is 6.92 Å². The minimum absolute atomic E-state index is 0.0310. The molecule has 136 valence electrons. The molecule has 0 fully saturated rings. The van der Waals surface area contributed by atoms with Crippen LogP contribution < -0.4 is 5.32 Å². The molecule has 3 rings (SSSR count). The molecule has 2 heterocycles. The van der Waals surface area contributed by atoms with Gasteiger partial charge in [0.05, 0.1) is 5.52 Å². The predicted molar refractivity (Wildman–Crippen MR) is 88.5 cm³/mol. The summed E-state index contributed by atoms with van der Waals surface area (Å²) in [6.07, 6.45) is -4.44. The number of carbonyl (C=O) groups is 1. The van der Waals surface area contributed by atoms with Crippen LogP contribution in [0.4, 0.5) is 13.2 Å². The molecule has 0 aliphatic heterocycles. The molecule has 1 amide bonds. The number of amides is 1. The van der Waals surface area contributed by atoms with Crippen molar-refractivity contribution in [3.8, 4) is 0 Å². The summed E-state index contributed by atoms with van der Waals surface area (Å²) < 4.78 is 40.0. The standard InChI is InChI=1S/C17H16F3N5O/c1-10-9-13(17(18,19)20)23-14(22-10)7-8-21-16(26)15-11-5-3-4-6-12(11)25(2)24-15/h3-6,9H,7-8H2,1-2H3,(H,21,26). The lowest BCUT2D eigenvalue weighted by atomic mass is 10.2. The van der Waals surface area contributed by atoms with Gasteiger partial charge in [-0.05, 0) is 19.1 Å². The number of hydrogen-bond acceptors (Lipinski definition) is 4. The van der Waals surface area contributed by atoms with Crippen LogP contribution in [0.2, 0.25) is 0 Å². The van der Waals surface area contributed by atoms with E-state index in [1.807, 2.05) is 12.1 Å². The van der Waals surface area contributed by atoms with Crippen molar-refractivity contribution in [3.63, 3.8) is 0 Å². The summed E-state index contributed by atoms with van der Waals surface area (Å²) >= 11 is 0. The average molecular weight is 363 g/mol. The molecule has 1 aromatic carbocycles. The zero-order chi connectivity index (χ0) is 18.9. The number of carbonyl (C=O) groups excluding carboxylic acids is 1. The van der Waals surface area contributed by atoms with Crippen molar-refractivity contribution < 1.29 is 18.0 Å². The highest BCUT2D eigenvalue weighted by atomic mass is 19.4. The summed E-state index contributed by atoms with van der Waals surface area (Å²) in [4.78, 5) is 19.9. The van der Waals surface area contributed by atoms with Gasteiger partial charge in [-0.15, -0.1) is 0 Å². The number of nitrogens with zero attached hydrogens (tertiary/aromatic N) is 4. The number of para-hydroxylation sites is 1. The number of aryl methyl sites for hydroxylation is 2. The van der Waals surface area contributed by atoms with E-state index in [-0.39, 0.29) is 30.2 Å². The lowest BCUT2D eigenvalue weighted by Gasteiger charge is -2.09. The number of aromatic nitrogens is 4. The first-order valence-electron chi connectivity index (χ1n) is 7.87. The van der Waals surface area contributed by atoms with E-state index in [0.717, 1.165) is 11.6 Å². The summed E-state index contributed by atoms with van der Waals surface area (Å²) in [7, 11) is 1.73. The molecule has 1 N–H and O–H groups in total. The number of nitrogens with one attached hydrogen (secondary N) is 1. The molecule has 26 heavy (non-hydrogen) atoms. The molecule has 0 saturated heterocycles. The number of benzene rings is 1. The Bertz CT molecular complexity index is 965. The second kappa shape index (κ2) is 6.74. The fourth-order valence-corrected chi connectivity index (χ4v) is 2.64. The van der Waals surface area contributed by atoms with Gasteiger partial charge in [-0.1, -0.05) is 18.2 Å². The molecule has 0 radical (unpaired) electrons. The van der Waals surface area contributed by atoms with Crippen LogP contribution in [0.15, 0.2) is 30.3 Å². The van der Waals surface area contributed by atoms with E-state index in [2.05, 4.69) is 20.4 Å². The predicted octanol–water partition coefficient (Wildman–Crippen LogP) is 2.66. The molecule has 2 aromatic heterocycles. The van der Waals surface area contributed by atoms with E-state index in [0.29, 0.717) is 5.39 Å². The average Bonchev–Trinajstić information content (AvgIpc) is 2.91. The maximum atomic E-state index is 12.8. The molecule has 9 heteroatoms. The van der Waals surface area contributed by atoms with Gasteiger partial charge in [0.2, 0.25) is 0 Å². The van der Waals surface area contributed by atoms with Crippen molar-refractivity contribution in [2.24, 2.45) is 7.05 Å². The van der Waals surface area contributed by atoms with Gasteiger partial charge in [0, 0.05) is 31.1 Å². The Morgan fingerprint density at radius 1 is 1.23 bits per heavy atom. The van der Waals surface area contributed by atoms with E-state index < -0.39 is 17.8 Å². The molecule has 0 aliphatic rings. The summed E-state index contributed by atoms with van der Waals surface area (Å²) in [5.74, 6) is -0.367. The molecule has 0 bridgehead atoms. The molecular weight excluding hydrogens is 347 g/mol. The van der Waals surface area contributed by atoms with Gasteiger partial charge in [-0.2, -0.15) is 18.3 Å². The Morgan fingerprint density at radius 2 is 1.96 bits per heavy atom. The first-order chi connectivity index (χ1) is 12.3. The fourth-order valence-electron chi connectivity index (χ4n) is 2.64. The number of fused-ring (bicyclic) bond motifs is 1.